The molecule has 0 fully saturated rings. The summed E-state index contributed by atoms with van der Waals surface area (Å²) in [5.41, 5.74) is 7.80. The number of nitrogens with two attached hydrogens (primary N) is 1. The number of nitrogens with zero attached hydrogens (tertiary/aromatic N) is 4. The Morgan fingerprint density at radius 2 is 2.16 bits per heavy atom. The molecule has 19 heavy (non-hydrogen) atoms. The van der Waals surface area contributed by atoms with Crippen LogP contribution in [0.5, 0.6) is 0 Å². The Morgan fingerprint density at radius 1 is 1.26 bits per heavy atom. The summed E-state index contributed by atoms with van der Waals surface area (Å²) in [5.74, 6) is 0.526. The van der Waals surface area contributed by atoms with Gasteiger partial charge in [0, 0.05) is 30.5 Å². The van der Waals surface area contributed by atoms with Crippen LogP contribution in [0.4, 0.5) is 5.95 Å². The van der Waals surface area contributed by atoms with Crippen molar-refractivity contribution in [3.8, 4) is 0 Å². The van der Waals surface area contributed by atoms with Gasteiger partial charge in [-0.25, -0.2) is 4.98 Å². The highest BCUT2D eigenvalue weighted by Crippen LogP contribution is 2.21. The zero-order valence-corrected chi connectivity index (χ0v) is 11.1. The number of hydrogen-bond donors (Lipinski definition) is 1. The monoisotopic (exact) mass is 275 g/mol. The van der Waals surface area contributed by atoms with E-state index in [1.54, 1.807) is 6.20 Å². The molecule has 3 aromatic rings. The topological polar surface area (TPSA) is 61.7 Å². The van der Waals surface area contributed by atoms with Crippen LogP contribution < -0.4 is 5.73 Å². The number of imidazole rings is 1. The number of aromatic nitrogens is 4. The van der Waals surface area contributed by atoms with Gasteiger partial charge in [-0.2, -0.15) is 5.10 Å². The first-order valence-corrected chi connectivity index (χ1v) is 6.50. The van der Waals surface area contributed by atoms with Crippen molar-refractivity contribution in [3.63, 3.8) is 0 Å². The van der Waals surface area contributed by atoms with E-state index in [1.165, 1.54) is 0 Å². The highest BCUT2D eigenvalue weighted by molar-refractivity contribution is 6.31. The number of aryl methyl sites for hydroxylation is 2. The largest absolute Gasteiger partial charge is 0.369 e. The van der Waals surface area contributed by atoms with E-state index < -0.39 is 0 Å². The third-order valence-corrected chi connectivity index (χ3v) is 3.30. The third kappa shape index (κ3) is 2.42. The fourth-order valence-corrected chi connectivity index (χ4v) is 2.35. The SMILES string of the molecule is Nc1nc2cc(Cl)ccc2n1CCCn1cccn1. The van der Waals surface area contributed by atoms with E-state index in [9.17, 15) is 0 Å². The average molecular weight is 276 g/mol. The smallest absolute Gasteiger partial charge is 0.201 e. The van der Waals surface area contributed by atoms with Crippen LogP contribution in [0.25, 0.3) is 11.0 Å². The number of halogens is 1. The molecule has 0 amide bonds. The van der Waals surface area contributed by atoms with E-state index >= 15 is 0 Å². The summed E-state index contributed by atoms with van der Waals surface area (Å²) in [5, 5.41) is 4.85. The molecule has 0 radical (unpaired) electrons. The Hall–Kier alpha value is -2.01. The molecule has 0 saturated heterocycles. The van der Waals surface area contributed by atoms with E-state index in [0.717, 1.165) is 30.5 Å². The summed E-state index contributed by atoms with van der Waals surface area (Å²) in [6.45, 7) is 1.67. The van der Waals surface area contributed by atoms with Crippen molar-refractivity contribution in [1.82, 2.24) is 19.3 Å². The molecule has 0 saturated carbocycles. The first kappa shape index (κ1) is 12.0. The number of anilines is 1. The van der Waals surface area contributed by atoms with Gasteiger partial charge in [0.25, 0.3) is 0 Å². The Balaban J connectivity index is 1.78. The van der Waals surface area contributed by atoms with Crippen molar-refractivity contribution >= 4 is 28.6 Å². The molecule has 0 bridgehead atoms. The molecule has 2 heterocycles. The van der Waals surface area contributed by atoms with Gasteiger partial charge < -0.3 is 10.3 Å². The van der Waals surface area contributed by atoms with E-state index in [4.69, 9.17) is 17.3 Å². The zero-order valence-electron chi connectivity index (χ0n) is 10.3. The fourth-order valence-electron chi connectivity index (χ4n) is 2.18. The summed E-state index contributed by atoms with van der Waals surface area (Å²) in [4.78, 5) is 4.32. The van der Waals surface area contributed by atoms with Crippen molar-refractivity contribution in [2.75, 3.05) is 5.73 Å². The molecule has 0 spiro atoms. The van der Waals surface area contributed by atoms with Gasteiger partial charge in [0.15, 0.2) is 0 Å². The van der Waals surface area contributed by atoms with Crippen LogP contribution in [0.3, 0.4) is 0 Å². The maximum atomic E-state index is 5.95. The molecule has 0 aliphatic rings. The van der Waals surface area contributed by atoms with Gasteiger partial charge in [0.1, 0.15) is 0 Å². The van der Waals surface area contributed by atoms with Crippen LogP contribution >= 0.6 is 11.6 Å². The molecule has 1 aromatic carbocycles. The van der Waals surface area contributed by atoms with Crippen LogP contribution in [-0.2, 0) is 13.1 Å². The second kappa shape index (κ2) is 4.93. The van der Waals surface area contributed by atoms with Crippen LogP contribution in [0, 0.1) is 0 Å². The molecule has 0 aliphatic heterocycles. The minimum atomic E-state index is 0.526. The molecule has 6 heteroatoms. The van der Waals surface area contributed by atoms with E-state index in [-0.39, 0.29) is 0 Å². The standard InChI is InChI=1S/C13H14ClN5/c14-10-3-4-12-11(9-10)17-13(15)19(12)8-2-7-18-6-1-5-16-18/h1,3-6,9H,2,7-8H2,(H2,15,17). The van der Waals surface area contributed by atoms with Crippen molar-refractivity contribution in [2.24, 2.45) is 0 Å². The molecule has 0 atom stereocenters. The molecule has 2 aromatic heterocycles. The van der Waals surface area contributed by atoms with Crippen molar-refractivity contribution in [3.05, 3.63) is 41.7 Å². The first-order valence-electron chi connectivity index (χ1n) is 6.13. The number of hydrogen-bond acceptors (Lipinski definition) is 3. The lowest BCUT2D eigenvalue weighted by atomic mass is 10.3. The normalized spacial score (nSPS) is 11.2. The second-order valence-electron chi connectivity index (χ2n) is 4.38. The Labute approximate surface area is 115 Å². The fraction of sp³-hybridized carbons (Fsp3) is 0.231. The number of fused-ring (bicyclic) bond motifs is 1. The predicted molar refractivity (Wildman–Crippen MR) is 76.0 cm³/mol. The van der Waals surface area contributed by atoms with Crippen LogP contribution in [0.2, 0.25) is 5.02 Å². The molecule has 98 valence electrons. The van der Waals surface area contributed by atoms with Gasteiger partial charge in [-0.1, -0.05) is 11.6 Å². The Morgan fingerprint density at radius 3 is 2.95 bits per heavy atom. The number of rotatable bonds is 4. The van der Waals surface area contributed by atoms with Gasteiger partial charge >= 0.3 is 0 Å². The molecule has 3 rings (SSSR count). The maximum Gasteiger partial charge on any atom is 0.201 e. The predicted octanol–water partition coefficient (Wildman–Crippen LogP) is 2.56. The van der Waals surface area contributed by atoms with Gasteiger partial charge in [-0.15, -0.1) is 0 Å². The lowest BCUT2D eigenvalue weighted by Gasteiger charge is -2.06. The number of benzene rings is 1. The van der Waals surface area contributed by atoms with Crippen molar-refractivity contribution < 1.29 is 0 Å². The van der Waals surface area contributed by atoms with Crippen molar-refractivity contribution in [1.29, 1.82) is 0 Å². The maximum absolute atomic E-state index is 5.95. The van der Waals surface area contributed by atoms with Crippen LogP contribution in [-0.4, -0.2) is 19.3 Å². The van der Waals surface area contributed by atoms with Gasteiger partial charge in [0.05, 0.1) is 11.0 Å². The quantitative estimate of drug-likeness (QED) is 0.796. The molecular weight excluding hydrogens is 262 g/mol. The summed E-state index contributed by atoms with van der Waals surface area (Å²) in [7, 11) is 0. The minimum absolute atomic E-state index is 0.526. The number of nitrogen functional groups attached to an aromatic ring is 1. The highest BCUT2D eigenvalue weighted by Gasteiger charge is 2.08. The average Bonchev–Trinajstić information content (AvgIpc) is 2.98. The van der Waals surface area contributed by atoms with Gasteiger partial charge in [-0.3, -0.25) is 4.68 Å². The first-order chi connectivity index (χ1) is 9.24. The Kier molecular flexibility index (Phi) is 3.13. The van der Waals surface area contributed by atoms with E-state index in [1.807, 2.05) is 39.7 Å². The van der Waals surface area contributed by atoms with Gasteiger partial charge in [0.2, 0.25) is 5.95 Å². The molecule has 5 nitrogen and oxygen atoms in total. The van der Waals surface area contributed by atoms with Crippen LogP contribution in [0.1, 0.15) is 6.42 Å². The molecule has 0 aliphatic carbocycles. The Bertz CT molecular complexity index is 686. The van der Waals surface area contributed by atoms with Crippen LogP contribution in [0.15, 0.2) is 36.7 Å². The third-order valence-electron chi connectivity index (χ3n) is 3.07. The molecule has 0 unspecified atom stereocenters. The lowest BCUT2D eigenvalue weighted by Crippen LogP contribution is -2.07. The lowest BCUT2D eigenvalue weighted by molar-refractivity contribution is 0.535. The van der Waals surface area contributed by atoms with E-state index in [2.05, 4.69) is 10.1 Å². The summed E-state index contributed by atoms with van der Waals surface area (Å²) in [6, 6.07) is 7.56. The molecule has 2 N–H and O–H groups in total. The summed E-state index contributed by atoms with van der Waals surface area (Å²) < 4.78 is 3.92. The molecular formula is C13H14ClN5. The summed E-state index contributed by atoms with van der Waals surface area (Å²) >= 11 is 5.95. The van der Waals surface area contributed by atoms with Gasteiger partial charge in [-0.05, 0) is 30.7 Å². The van der Waals surface area contributed by atoms with Crippen molar-refractivity contribution in [2.45, 2.75) is 19.5 Å². The highest BCUT2D eigenvalue weighted by atomic mass is 35.5. The summed E-state index contributed by atoms with van der Waals surface area (Å²) in [6.07, 6.45) is 4.68. The zero-order chi connectivity index (χ0) is 13.2. The minimum Gasteiger partial charge on any atom is -0.369 e. The second-order valence-corrected chi connectivity index (χ2v) is 4.81. The van der Waals surface area contributed by atoms with E-state index in [0.29, 0.717) is 11.0 Å².